The van der Waals surface area contributed by atoms with Crippen LogP contribution in [0.4, 0.5) is 4.79 Å². The number of pyridine rings is 1. The van der Waals surface area contributed by atoms with Crippen molar-refractivity contribution in [2.45, 2.75) is 13.0 Å². The van der Waals surface area contributed by atoms with Crippen molar-refractivity contribution in [3.63, 3.8) is 0 Å². The van der Waals surface area contributed by atoms with Crippen molar-refractivity contribution < 1.29 is 19.2 Å². The normalized spacial score (nSPS) is 11.2. The standard InChI is InChI=1S/C14H12ClN3O4/c1-9(18(20)14(16)19)2-3-11-4-5-13(21-11)22-12-6-10(15)7-17-8-12/h4-9,20H,1H3,(H2,16,19). The van der Waals surface area contributed by atoms with E-state index in [1.807, 2.05) is 0 Å². The smallest absolute Gasteiger partial charge is 0.339 e. The van der Waals surface area contributed by atoms with E-state index in [1.165, 1.54) is 19.3 Å². The van der Waals surface area contributed by atoms with Gasteiger partial charge in [0, 0.05) is 18.3 Å². The Morgan fingerprint density at radius 2 is 2.32 bits per heavy atom. The number of amides is 2. The molecular weight excluding hydrogens is 310 g/mol. The molecule has 2 heterocycles. The third-order valence-electron chi connectivity index (χ3n) is 2.48. The fraction of sp³-hybridized carbons (Fsp3) is 0.143. The molecule has 0 radical (unpaired) electrons. The lowest BCUT2D eigenvalue weighted by atomic mass is 10.3. The first-order valence-corrected chi connectivity index (χ1v) is 6.51. The van der Waals surface area contributed by atoms with Crippen LogP contribution in [0, 0.1) is 11.8 Å². The number of ether oxygens (including phenoxy) is 1. The quantitative estimate of drug-likeness (QED) is 0.514. The highest BCUT2D eigenvalue weighted by molar-refractivity contribution is 6.30. The van der Waals surface area contributed by atoms with Gasteiger partial charge in [0.05, 0.1) is 11.2 Å². The molecule has 8 heteroatoms. The number of halogens is 1. The Balaban J connectivity index is 2.05. The first-order chi connectivity index (χ1) is 10.5. The van der Waals surface area contributed by atoms with Crippen LogP contribution in [-0.4, -0.2) is 27.3 Å². The molecule has 2 aromatic heterocycles. The fourth-order valence-corrected chi connectivity index (χ4v) is 1.60. The molecule has 1 unspecified atom stereocenters. The zero-order valence-electron chi connectivity index (χ0n) is 11.5. The Bertz CT molecular complexity index is 735. The summed E-state index contributed by atoms with van der Waals surface area (Å²) in [4.78, 5) is 14.6. The molecular formula is C14H12ClN3O4. The van der Waals surface area contributed by atoms with Gasteiger partial charge in [0.25, 0.3) is 5.95 Å². The van der Waals surface area contributed by atoms with Gasteiger partial charge in [-0.2, -0.15) is 5.06 Å². The summed E-state index contributed by atoms with van der Waals surface area (Å²) in [6, 6.07) is 2.98. The number of hydrogen-bond acceptors (Lipinski definition) is 5. The van der Waals surface area contributed by atoms with Crippen LogP contribution in [0.25, 0.3) is 0 Å². The Hall–Kier alpha value is -2.69. The summed E-state index contributed by atoms with van der Waals surface area (Å²) in [5, 5.41) is 10.0. The van der Waals surface area contributed by atoms with Crippen LogP contribution in [0.5, 0.6) is 11.7 Å². The van der Waals surface area contributed by atoms with Crippen LogP contribution in [-0.2, 0) is 0 Å². The fourth-order valence-electron chi connectivity index (χ4n) is 1.43. The van der Waals surface area contributed by atoms with Gasteiger partial charge in [-0.05, 0) is 18.9 Å². The molecule has 7 nitrogen and oxygen atoms in total. The Morgan fingerprint density at radius 1 is 1.55 bits per heavy atom. The molecule has 0 aliphatic carbocycles. The molecule has 0 spiro atoms. The van der Waals surface area contributed by atoms with Crippen molar-refractivity contribution >= 4 is 17.6 Å². The van der Waals surface area contributed by atoms with Gasteiger partial charge in [0.1, 0.15) is 6.04 Å². The number of carbonyl (C=O) groups excluding carboxylic acids is 1. The largest absolute Gasteiger partial charge is 0.424 e. The van der Waals surface area contributed by atoms with Crippen molar-refractivity contribution in [3.8, 4) is 23.5 Å². The van der Waals surface area contributed by atoms with Crippen LogP contribution in [0.15, 0.2) is 35.0 Å². The average molecular weight is 322 g/mol. The minimum atomic E-state index is -0.987. The molecule has 0 aliphatic heterocycles. The van der Waals surface area contributed by atoms with Crippen LogP contribution in [0.1, 0.15) is 12.7 Å². The second kappa shape index (κ2) is 6.85. The van der Waals surface area contributed by atoms with Gasteiger partial charge < -0.3 is 14.9 Å². The number of aromatic nitrogens is 1. The third-order valence-corrected chi connectivity index (χ3v) is 2.68. The summed E-state index contributed by atoms with van der Waals surface area (Å²) >= 11 is 5.79. The number of hydrogen-bond donors (Lipinski definition) is 2. The van der Waals surface area contributed by atoms with Gasteiger partial charge in [0.2, 0.25) is 0 Å². The SMILES string of the molecule is CC(C#Cc1ccc(Oc2cncc(Cl)c2)o1)N(O)C(N)=O. The highest BCUT2D eigenvalue weighted by atomic mass is 35.5. The lowest BCUT2D eigenvalue weighted by molar-refractivity contribution is -0.0536. The number of carbonyl (C=O) groups is 1. The number of furan rings is 1. The molecule has 0 aromatic carbocycles. The Labute approximate surface area is 131 Å². The summed E-state index contributed by atoms with van der Waals surface area (Å²) < 4.78 is 10.8. The van der Waals surface area contributed by atoms with Crippen LogP contribution in [0.3, 0.4) is 0 Å². The van der Waals surface area contributed by atoms with Crippen molar-refractivity contribution in [1.82, 2.24) is 10.0 Å². The zero-order valence-corrected chi connectivity index (χ0v) is 12.2. The lowest BCUT2D eigenvalue weighted by Gasteiger charge is -2.14. The van der Waals surface area contributed by atoms with Gasteiger partial charge in [-0.1, -0.05) is 17.5 Å². The van der Waals surface area contributed by atoms with E-state index in [4.69, 9.17) is 26.5 Å². The molecule has 2 amide bonds. The molecule has 114 valence electrons. The molecule has 0 bridgehead atoms. The van der Waals surface area contributed by atoms with Crippen LogP contribution in [0.2, 0.25) is 5.02 Å². The van der Waals surface area contributed by atoms with E-state index >= 15 is 0 Å². The van der Waals surface area contributed by atoms with Gasteiger partial charge in [0.15, 0.2) is 11.5 Å². The van der Waals surface area contributed by atoms with Gasteiger partial charge in [-0.15, -0.1) is 0 Å². The van der Waals surface area contributed by atoms with E-state index in [2.05, 4.69) is 16.8 Å². The second-order valence-corrected chi connectivity index (χ2v) is 4.62. The van der Waals surface area contributed by atoms with E-state index in [0.29, 0.717) is 21.6 Å². The van der Waals surface area contributed by atoms with Crippen molar-refractivity contribution in [2.75, 3.05) is 0 Å². The van der Waals surface area contributed by atoms with Crippen molar-refractivity contribution in [2.24, 2.45) is 5.73 Å². The van der Waals surface area contributed by atoms with Gasteiger partial charge in [-0.25, -0.2) is 4.79 Å². The van der Waals surface area contributed by atoms with Gasteiger partial charge in [-0.3, -0.25) is 10.2 Å². The number of nitrogens with zero attached hydrogens (tertiary/aromatic N) is 2. The summed E-state index contributed by atoms with van der Waals surface area (Å²) in [7, 11) is 0. The predicted molar refractivity (Wildman–Crippen MR) is 77.6 cm³/mol. The van der Waals surface area contributed by atoms with Gasteiger partial charge >= 0.3 is 6.03 Å². The Morgan fingerprint density at radius 3 is 3.00 bits per heavy atom. The summed E-state index contributed by atoms with van der Waals surface area (Å²) in [5.41, 5.74) is 4.92. The number of nitrogens with two attached hydrogens (primary N) is 1. The van der Waals surface area contributed by atoms with E-state index in [-0.39, 0.29) is 5.95 Å². The maximum absolute atomic E-state index is 10.8. The molecule has 0 saturated heterocycles. The molecule has 0 aliphatic rings. The zero-order chi connectivity index (χ0) is 16.1. The first kappa shape index (κ1) is 15.7. The van der Waals surface area contributed by atoms with E-state index < -0.39 is 12.1 Å². The van der Waals surface area contributed by atoms with E-state index in [9.17, 15) is 10.0 Å². The molecule has 0 saturated carbocycles. The van der Waals surface area contributed by atoms with E-state index in [0.717, 1.165) is 0 Å². The maximum Gasteiger partial charge on any atom is 0.339 e. The third kappa shape index (κ3) is 4.15. The summed E-state index contributed by atoms with van der Waals surface area (Å²) in [5.74, 6) is 6.19. The topological polar surface area (TPSA) is 102 Å². The first-order valence-electron chi connectivity index (χ1n) is 6.13. The van der Waals surface area contributed by atoms with Crippen LogP contribution < -0.4 is 10.5 Å². The summed E-state index contributed by atoms with van der Waals surface area (Å²) in [6.45, 7) is 1.51. The Kier molecular flexibility index (Phi) is 4.88. The molecule has 0 fully saturated rings. The number of urea groups is 1. The molecule has 2 rings (SSSR count). The molecule has 1 atom stereocenters. The van der Waals surface area contributed by atoms with E-state index in [1.54, 1.807) is 18.2 Å². The second-order valence-electron chi connectivity index (χ2n) is 4.19. The average Bonchev–Trinajstić information content (AvgIpc) is 2.91. The van der Waals surface area contributed by atoms with Crippen LogP contribution >= 0.6 is 11.6 Å². The van der Waals surface area contributed by atoms with Crippen molar-refractivity contribution in [1.29, 1.82) is 0 Å². The lowest BCUT2D eigenvalue weighted by Crippen LogP contribution is -2.38. The predicted octanol–water partition coefficient (Wildman–Crippen LogP) is 2.63. The van der Waals surface area contributed by atoms with Crippen molar-refractivity contribution in [3.05, 3.63) is 41.4 Å². The summed E-state index contributed by atoms with van der Waals surface area (Å²) in [6.07, 6.45) is 2.96. The maximum atomic E-state index is 10.8. The monoisotopic (exact) mass is 321 g/mol. The minimum Gasteiger partial charge on any atom is -0.424 e. The number of hydroxylamine groups is 2. The number of primary amides is 1. The highest BCUT2D eigenvalue weighted by Gasteiger charge is 2.12. The molecule has 3 N–H and O–H groups in total. The minimum absolute atomic E-state index is 0.205. The molecule has 22 heavy (non-hydrogen) atoms. The molecule has 2 aromatic rings. The number of rotatable bonds is 3. The highest BCUT2D eigenvalue weighted by Crippen LogP contribution is 2.24.